The maximum atomic E-state index is 13.9. The lowest BCUT2D eigenvalue weighted by molar-refractivity contribution is 0.152. The van der Waals surface area contributed by atoms with Crippen molar-refractivity contribution < 1.29 is 14.2 Å². The summed E-state index contributed by atoms with van der Waals surface area (Å²) in [5.41, 5.74) is 2.19. The predicted molar refractivity (Wildman–Crippen MR) is 106 cm³/mol. The first kappa shape index (κ1) is 19.3. The lowest BCUT2D eigenvalue weighted by atomic mass is 10.2. The van der Waals surface area contributed by atoms with Gasteiger partial charge in [-0.15, -0.1) is 0 Å². The van der Waals surface area contributed by atoms with Crippen molar-refractivity contribution in [2.24, 2.45) is 0 Å². The van der Waals surface area contributed by atoms with E-state index in [1.165, 1.54) is 12.1 Å². The summed E-state index contributed by atoms with van der Waals surface area (Å²) in [4.78, 5) is 20.4. The third-order valence-electron chi connectivity index (χ3n) is 4.97. The number of phenols is 1. The third kappa shape index (κ3) is 3.91. The molecule has 152 valence electrons. The first-order valence-corrected chi connectivity index (χ1v) is 9.54. The average Bonchev–Trinajstić information content (AvgIpc) is 2.86. The van der Waals surface area contributed by atoms with E-state index in [1.807, 2.05) is 30.2 Å². The van der Waals surface area contributed by atoms with Gasteiger partial charge in [0.15, 0.2) is 5.82 Å². The Morgan fingerprint density at radius 2 is 1.76 bits per heavy atom. The minimum Gasteiger partial charge on any atom is -0.508 e. The Kier molecular flexibility index (Phi) is 5.14. The van der Waals surface area contributed by atoms with E-state index in [0.29, 0.717) is 37.2 Å². The fourth-order valence-corrected chi connectivity index (χ4v) is 3.45. The highest BCUT2D eigenvalue weighted by Crippen LogP contribution is 2.26. The minimum atomic E-state index is -0.558. The number of halogens is 1. The van der Waals surface area contributed by atoms with E-state index in [0.717, 1.165) is 36.2 Å². The van der Waals surface area contributed by atoms with Crippen LogP contribution in [0.1, 0.15) is 23.6 Å². The van der Waals surface area contributed by atoms with Crippen LogP contribution in [0.15, 0.2) is 18.2 Å². The van der Waals surface area contributed by atoms with Gasteiger partial charge in [-0.2, -0.15) is 15.0 Å². The quantitative estimate of drug-likeness (QED) is 0.726. The maximum absolute atomic E-state index is 13.9. The monoisotopic (exact) mass is 398 g/mol. The van der Waals surface area contributed by atoms with Crippen molar-refractivity contribution in [1.82, 2.24) is 24.5 Å². The van der Waals surface area contributed by atoms with E-state index in [9.17, 15) is 9.50 Å². The summed E-state index contributed by atoms with van der Waals surface area (Å²) in [6.45, 7) is 8.44. The van der Waals surface area contributed by atoms with E-state index in [4.69, 9.17) is 4.74 Å². The SMILES string of the molecule is Cc1nc(C)n(-c2nc(-c3cc(O)cc(F)c3)nc(N3CCCOCC3)n2)c1C. The van der Waals surface area contributed by atoms with Crippen LogP contribution in [0.4, 0.5) is 10.3 Å². The second-order valence-electron chi connectivity index (χ2n) is 7.08. The van der Waals surface area contributed by atoms with Crippen molar-refractivity contribution in [2.45, 2.75) is 27.2 Å². The van der Waals surface area contributed by atoms with Crippen LogP contribution in [0.5, 0.6) is 5.75 Å². The van der Waals surface area contributed by atoms with Crippen molar-refractivity contribution in [1.29, 1.82) is 0 Å². The van der Waals surface area contributed by atoms with Crippen molar-refractivity contribution >= 4 is 5.95 Å². The number of phenolic OH excluding ortho intramolecular Hbond substituents is 1. The predicted octanol–water partition coefficient (Wildman–Crippen LogP) is 2.72. The highest BCUT2D eigenvalue weighted by atomic mass is 19.1. The third-order valence-corrected chi connectivity index (χ3v) is 4.97. The molecule has 3 heterocycles. The Balaban J connectivity index is 1.89. The van der Waals surface area contributed by atoms with Gasteiger partial charge in [0, 0.05) is 37.0 Å². The number of nitrogens with zero attached hydrogens (tertiary/aromatic N) is 6. The zero-order chi connectivity index (χ0) is 20.5. The summed E-state index contributed by atoms with van der Waals surface area (Å²) in [6, 6.07) is 3.79. The van der Waals surface area contributed by atoms with Gasteiger partial charge in [0.05, 0.1) is 12.3 Å². The van der Waals surface area contributed by atoms with Gasteiger partial charge < -0.3 is 14.7 Å². The highest BCUT2D eigenvalue weighted by molar-refractivity contribution is 5.59. The molecular formula is C20H23FN6O2. The lowest BCUT2D eigenvalue weighted by Crippen LogP contribution is -2.28. The van der Waals surface area contributed by atoms with Gasteiger partial charge in [-0.3, -0.25) is 4.57 Å². The van der Waals surface area contributed by atoms with E-state index in [1.54, 1.807) is 0 Å². The maximum Gasteiger partial charge on any atom is 0.240 e. The number of benzene rings is 1. The van der Waals surface area contributed by atoms with Gasteiger partial charge in [-0.25, -0.2) is 9.37 Å². The normalized spacial score (nSPS) is 14.8. The Morgan fingerprint density at radius 1 is 0.966 bits per heavy atom. The first-order chi connectivity index (χ1) is 13.9. The number of imidazole rings is 1. The van der Waals surface area contributed by atoms with Crippen LogP contribution in [-0.4, -0.2) is 55.9 Å². The molecule has 0 unspecified atom stereocenters. The van der Waals surface area contributed by atoms with Gasteiger partial charge in [0.1, 0.15) is 17.4 Å². The Hall–Kier alpha value is -3.07. The zero-order valence-corrected chi connectivity index (χ0v) is 16.7. The second-order valence-corrected chi connectivity index (χ2v) is 7.08. The Labute approximate surface area is 168 Å². The molecule has 1 aliphatic rings. The molecule has 1 fully saturated rings. The van der Waals surface area contributed by atoms with Crippen LogP contribution in [0.3, 0.4) is 0 Å². The van der Waals surface area contributed by atoms with Crippen molar-refractivity contribution in [2.75, 3.05) is 31.2 Å². The van der Waals surface area contributed by atoms with Crippen LogP contribution >= 0.6 is 0 Å². The molecule has 1 N–H and O–H groups in total. The van der Waals surface area contributed by atoms with Crippen molar-refractivity contribution in [3.05, 3.63) is 41.2 Å². The summed E-state index contributed by atoms with van der Waals surface area (Å²) in [5, 5.41) is 9.83. The summed E-state index contributed by atoms with van der Waals surface area (Å²) in [7, 11) is 0. The number of anilines is 1. The van der Waals surface area contributed by atoms with E-state index < -0.39 is 5.82 Å². The molecule has 29 heavy (non-hydrogen) atoms. The van der Waals surface area contributed by atoms with Crippen LogP contribution < -0.4 is 4.90 Å². The molecule has 3 aromatic rings. The minimum absolute atomic E-state index is 0.183. The summed E-state index contributed by atoms with van der Waals surface area (Å²) < 4.78 is 21.3. The zero-order valence-electron chi connectivity index (χ0n) is 16.7. The number of aryl methyl sites for hydroxylation is 2. The molecule has 4 rings (SSSR count). The topological polar surface area (TPSA) is 89.2 Å². The summed E-state index contributed by atoms with van der Waals surface area (Å²) in [5.74, 6) is 1.20. The Bertz CT molecular complexity index is 1020. The number of hydrogen-bond donors (Lipinski definition) is 1. The van der Waals surface area contributed by atoms with Crippen LogP contribution in [-0.2, 0) is 4.74 Å². The molecule has 1 saturated heterocycles. The fourth-order valence-electron chi connectivity index (χ4n) is 3.45. The molecule has 0 radical (unpaired) electrons. The number of aromatic nitrogens is 5. The molecule has 2 aromatic heterocycles. The van der Waals surface area contributed by atoms with E-state index in [2.05, 4.69) is 19.9 Å². The summed E-state index contributed by atoms with van der Waals surface area (Å²) in [6.07, 6.45) is 0.860. The van der Waals surface area contributed by atoms with E-state index >= 15 is 0 Å². The van der Waals surface area contributed by atoms with Gasteiger partial charge in [-0.05, 0) is 39.3 Å². The number of rotatable bonds is 3. The molecule has 0 bridgehead atoms. The standard InChI is InChI=1S/C20H23FN6O2/c1-12-13(2)27(14(3)22-12)20-24-18(15-9-16(21)11-17(28)10-15)23-19(25-20)26-5-4-7-29-8-6-26/h9-11,28H,4-8H2,1-3H3. The molecule has 1 aliphatic heterocycles. The second kappa shape index (κ2) is 7.75. The molecule has 0 amide bonds. The van der Waals surface area contributed by atoms with Gasteiger partial charge >= 0.3 is 0 Å². The highest BCUT2D eigenvalue weighted by Gasteiger charge is 2.20. The molecule has 1 aromatic carbocycles. The summed E-state index contributed by atoms with van der Waals surface area (Å²) >= 11 is 0. The van der Waals surface area contributed by atoms with Crippen LogP contribution in [0.2, 0.25) is 0 Å². The van der Waals surface area contributed by atoms with Crippen molar-refractivity contribution in [3.8, 4) is 23.1 Å². The fraction of sp³-hybridized carbons (Fsp3) is 0.400. The van der Waals surface area contributed by atoms with Crippen LogP contribution in [0.25, 0.3) is 17.3 Å². The first-order valence-electron chi connectivity index (χ1n) is 9.54. The lowest BCUT2D eigenvalue weighted by Gasteiger charge is -2.21. The molecule has 0 spiro atoms. The van der Waals surface area contributed by atoms with E-state index in [-0.39, 0.29) is 11.6 Å². The van der Waals surface area contributed by atoms with Gasteiger partial charge in [-0.1, -0.05) is 0 Å². The Morgan fingerprint density at radius 3 is 2.48 bits per heavy atom. The molecule has 0 atom stereocenters. The van der Waals surface area contributed by atoms with Gasteiger partial charge in [0.2, 0.25) is 11.9 Å². The molecular weight excluding hydrogens is 375 g/mol. The average molecular weight is 398 g/mol. The largest absolute Gasteiger partial charge is 0.508 e. The molecule has 0 saturated carbocycles. The number of hydrogen-bond acceptors (Lipinski definition) is 7. The molecule has 0 aliphatic carbocycles. The number of ether oxygens (including phenoxy) is 1. The molecule has 8 nitrogen and oxygen atoms in total. The van der Waals surface area contributed by atoms with Gasteiger partial charge in [0.25, 0.3) is 0 Å². The molecule has 9 heteroatoms. The van der Waals surface area contributed by atoms with Crippen molar-refractivity contribution in [3.63, 3.8) is 0 Å². The van der Waals surface area contributed by atoms with Crippen LogP contribution in [0, 0.1) is 26.6 Å². The number of aromatic hydroxyl groups is 1. The smallest absolute Gasteiger partial charge is 0.240 e.